The van der Waals surface area contributed by atoms with Crippen LogP contribution in [0.1, 0.15) is 11.9 Å². The van der Waals surface area contributed by atoms with E-state index in [-0.39, 0.29) is 0 Å². The van der Waals surface area contributed by atoms with E-state index in [1.807, 2.05) is 54.6 Å². The van der Waals surface area contributed by atoms with Crippen LogP contribution in [-0.2, 0) is 4.65 Å². The van der Waals surface area contributed by atoms with Gasteiger partial charge in [0, 0.05) is 5.56 Å². The van der Waals surface area contributed by atoms with Crippen LogP contribution in [-0.4, -0.2) is 12.1 Å². The van der Waals surface area contributed by atoms with Crippen molar-refractivity contribution in [2.24, 2.45) is 0 Å². The number of hydrogen-bond donors (Lipinski definition) is 1. The molecule has 1 unspecified atom stereocenters. The average Bonchev–Trinajstić information content (AvgIpc) is 2.69. The number of benzene rings is 2. The molecule has 1 heterocycles. The summed E-state index contributed by atoms with van der Waals surface area (Å²) in [5.41, 5.74) is 1.65. The van der Waals surface area contributed by atoms with Gasteiger partial charge in [0.15, 0.2) is 0 Å². The van der Waals surface area contributed by atoms with Crippen LogP contribution in [0.25, 0.3) is 0 Å². The summed E-state index contributed by atoms with van der Waals surface area (Å²) in [7, 11) is -0.903. The standard InChI is InChI=1S/C13H11BO3/c15-14-12-9-5-4-8-11(12)13(17-14)16-10-6-2-1-3-7-10/h1-9,13,15H. The minimum Gasteiger partial charge on any atom is -0.462 e. The SMILES string of the molecule is OB1OC(Oc2ccccc2)c2ccccc21. The first-order chi connectivity index (χ1) is 8.34. The van der Waals surface area contributed by atoms with E-state index in [0.29, 0.717) is 0 Å². The molecule has 3 nitrogen and oxygen atoms in total. The number of fused-ring (bicyclic) bond motifs is 1. The van der Waals surface area contributed by atoms with Gasteiger partial charge in [-0.3, -0.25) is 0 Å². The van der Waals surface area contributed by atoms with Gasteiger partial charge < -0.3 is 14.4 Å². The van der Waals surface area contributed by atoms with Gasteiger partial charge in [0.05, 0.1) is 0 Å². The first-order valence-electron chi connectivity index (χ1n) is 5.48. The largest absolute Gasteiger partial charge is 0.494 e. The fourth-order valence-electron chi connectivity index (χ4n) is 1.93. The van der Waals surface area contributed by atoms with Crippen molar-refractivity contribution in [3.8, 4) is 5.75 Å². The molecule has 1 aliphatic rings. The maximum Gasteiger partial charge on any atom is 0.494 e. The maximum absolute atomic E-state index is 9.73. The highest BCUT2D eigenvalue weighted by Crippen LogP contribution is 2.26. The molecule has 1 aliphatic heterocycles. The van der Waals surface area contributed by atoms with E-state index in [2.05, 4.69) is 0 Å². The summed E-state index contributed by atoms with van der Waals surface area (Å²) < 4.78 is 11.1. The molecule has 17 heavy (non-hydrogen) atoms. The molecule has 0 saturated heterocycles. The Morgan fingerprint density at radius 1 is 1.00 bits per heavy atom. The molecule has 0 bridgehead atoms. The van der Waals surface area contributed by atoms with Gasteiger partial charge in [-0.15, -0.1) is 0 Å². The lowest BCUT2D eigenvalue weighted by Gasteiger charge is -2.14. The van der Waals surface area contributed by atoms with Crippen molar-refractivity contribution < 1.29 is 14.4 Å². The molecule has 2 aromatic carbocycles. The minimum absolute atomic E-state index is 0.538. The Bertz CT molecular complexity index is 515. The second-order valence-electron chi connectivity index (χ2n) is 3.88. The normalized spacial score (nSPS) is 17.9. The van der Waals surface area contributed by atoms with E-state index < -0.39 is 13.4 Å². The molecule has 0 saturated carbocycles. The molecule has 0 spiro atoms. The average molecular weight is 226 g/mol. The number of ether oxygens (including phenoxy) is 1. The van der Waals surface area contributed by atoms with E-state index in [1.165, 1.54) is 0 Å². The monoisotopic (exact) mass is 226 g/mol. The summed E-state index contributed by atoms with van der Waals surface area (Å²) in [6, 6.07) is 16.9. The fourth-order valence-corrected chi connectivity index (χ4v) is 1.93. The van der Waals surface area contributed by atoms with Crippen molar-refractivity contribution in [2.45, 2.75) is 6.29 Å². The topological polar surface area (TPSA) is 38.7 Å². The summed E-state index contributed by atoms with van der Waals surface area (Å²) in [6.45, 7) is 0. The Kier molecular flexibility index (Phi) is 2.59. The zero-order valence-electron chi connectivity index (χ0n) is 9.11. The third-order valence-corrected chi connectivity index (χ3v) is 2.75. The smallest absolute Gasteiger partial charge is 0.462 e. The summed E-state index contributed by atoms with van der Waals surface area (Å²) in [5.74, 6) is 0.724. The van der Waals surface area contributed by atoms with Crippen LogP contribution in [0.15, 0.2) is 54.6 Å². The second kappa shape index (κ2) is 4.24. The molecule has 0 aromatic heterocycles. The second-order valence-corrected chi connectivity index (χ2v) is 3.88. The van der Waals surface area contributed by atoms with Gasteiger partial charge in [-0.25, -0.2) is 0 Å². The lowest BCUT2D eigenvalue weighted by molar-refractivity contribution is 0.000890. The van der Waals surface area contributed by atoms with Crippen LogP contribution in [0.3, 0.4) is 0 Å². The zero-order valence-corrected chi connectivity index (χ0v) is 9.11. The van der Waals surface area contributed by atoms with Crippen LogP contribution >= 0.6 is 0 Å². The minimum atomic E-state index is -0.903. The van der Waals surface area contributed by atoms with E-state index in [0.717, 1.165) is 16.8 Å². The maximum atomic E-state index is 9.73. The molecule has 1 N–H and O–H groups in total. The van der Waals surface area contributed by atoms with Crippen molar-refractivity contribution in [2.75, 3.05) is 0 Å². The highest BCUT2D eigenvalue weighted by Gasteiger charge is 2.35. The van der Waals surface area contributed by atoms with Gasteiger partial charge in [-0.2, -0.15) is 0 Å². The number of rotatable bonds is 2. The Morgan fingerprint density at radius 2 is 1.71 bits per heavy atom. The number of para-hydroxylation sites is 1. The summed E-state index contributed by atoms with van der Waals surface area (Å²) in [4.78, 5) is 0. The quantitative estimate of drug-likeness (QED) is 0.788. The van der Waals surface area contributed by atoms with E-state index in [4.69, 9.17) is 9.39 Å². The Balaban J connectivity index is 1.87. The van der Waals surface area contributed by atoms with Crippen molar-refractivity contribution in [3.63, 3.8) is 0 Å². The summed E-state index contributed by atoms with van der Waals surface area (Å²) in [6.07, 6.45) is -0.538. The molecule has 84 valence electrons. The Morgan fingerprint density at radius 3 is 2.53 bits per heavy atom. The van der Waals surface area contributed by atoms with Gasteiger partial charge >= 0.3 is 7.12 Å². The van der Waals surface area contributed by atoms with E-state index >= 15 is 0 Å². The Labute approximate surface area is 99.8 Å². The highest BCUT2D eigenvalue weighted by atomic mass is 16.7. The third-order valence-electron chi connectivity index (χ3n) is 2.75. The van der Waals surface area contributed by atoms with Crippen LogP contribution in [0.5, 0.6) is 5.75 Å². The van der Waals surface area contributed by atoms with Crippen molar-refractivity contribution >= 4 is 12.6 Å². The first kappa shape index (κ1) is 10.4. The first-order valence-corrected chi connectivity index (χ1v) is 5.48. The fraction of sp³-hybridized carbons (Fsp3) is 0.0769. The molecule has 3 rings (SSSR count). The summed E-state index contributed by atoms with van der Waals surface area (Å²) in [5, 5.41) is 9.73. The third kappa shape index (κ3) is 1.93. The molecule has 2 aromatic rings. The molecule has 0 fully saturated rings. The molecule has 4 heteroatoms. The van der Waals surface area contributed by atoms with Crippen LogP contribution in [0.2, 0.25) is 0 Å². The van der Waals surface area contributed by atoms with Crippen molar-refractivity contribution in [1.82, 2.24) is 0 Å². The van der Waals surface area contributed by atoms with Crippen LogP contribution < -0.4 is 10.2 Å². The molecular weight excluding hydrogens is 215 g/mol. The molecule has 0 radical (unpaired) electrons. The highest BCUT2D eigenvalue weighted by molar-refractivity contribution is 6.61. The van der Waals surface area contributed by atoms with Crippen LogP contribution in [0, 0.1) is 0 Å². The zero-order chi connectivity index (χ0) is 11.7. The molecule has 0 amide bonds. The van der Waals surface area contributed by atoms with Gasteiger partial charge in [0.1, 0.15) is 5.75 Å². The lowest BCUT2D eigenvalue weighted by atomic mass is 9.80. The van der Waals surface area contributed by atoms with Crippen molar-refractivity contribution in [3.05, 3.63) is 60.2 Å². The van der Waals surface area contributed by atoms with E-state index in [1.54, 1.807) is 0 Å². The predicted octanol–water partition coefficient (Wildman–Crippen LogP) is 1.48. The van der Waals surface area contributed by atoms with E-state index in [9.17, 15) is 5.02 Å². The predicted molar refractivity (Wildman–Crippen MR) is 64.9 cm³/mol. The summed E-state index contributed by atoms with van der Waals surface area (Å²) >= 11 is 0. The lowest BCUT2D eigenvalue weighted by Crippen LogP contribution is -2.27. The van der Waals surface area contributed by atoms with Gasteiger partial charge in [0.25, 0.3) is 0 Å². The van der Waals surface area contributed by atoms with Gasteiger partial charge in [-0.05, 0) is 17.6 Å². The van der Waals surface area contributed by atoms with Crippen LogP contribution in [0.4, 0.5) is 0 Å². The Hall–Kier alpha value is -1.78. The molecule has 0 aliphatic carbocycles. The molecule has 1 atom stereocenters. The van der Waals surface area contributed by atoms with Gasteiger partial charge in [-0.1, -0.05) is 42.5 Å². The van der Waals surface area contributed by atoms with Crippen molar-refractivity contribution in [1.29, 1.82) is 0 Å². The van der Waals surface area contributed by atoms with Gasteiger partial charge in [0.2, 0.25) is 6.29 Å². The number of hydrogen-bond acceptors (Lipinski definition) is 3. The molecular formula is C13H11BO3.